The second kappa shape index (κ2) is 13.3. The number of aromatic nitrogens is 4. The minimum absolute atomic E-state index is 0. The van der Waals surface area contributed by atoms with Gasteiger partial charge in [-0.1, -0.05) is 37.6 Å². The molecule has 48 heavy (non-hydrogen) atoms. The van der Waals surface area contributed by atoms with Gasteiger partial charge >= 0.3 is 21.1 Å². The zero-order valence-electron chi connectivity index (χ0n) is 28.0. The van der Waals surface area contributed by atoms with Crippen molar-refractivity contribution >= 4 is 21.8 Å². The molecule has 0 bridgehead atoms. The second-order valence-electron chi connectivity index (χ2n) is 12.0. The van der Waals surface area contributed by atoms with Crippen LogP contribution in [0.25, 0.3) is 44.4 Å². The Labute approximate surface area is 295 Å². The molecule has 0 aliphatic rings. The predicted octanol–water partition coefficient (Wildman–Crippen LogP) is 9.49. The fraction of sp³-hybridized carbons (Fsp3) is 0.200. The van der Waals surface area contributed by atoms with Gasteiger partial charge in [0, 0.05) is 35.0 Å². The van der Waals surface area contributed by atoms with Crippen molar-refractivity contribution in [3.05, 3.63) is 120 Å². The van der Waals surface area contributed by atoms with Crippen molar-refractivity contribution < 1.29 is 35.3 Å². The summed E-state index contributed by atoms with van der Waals surface area (Å²) < 4.78 is 22.0. The van der Waals surface area contributed by atoms with Crippen LogP contribution in [-0.2, 0) is 21.1 Å². The topological polar surface area (TPSA) is 63.3 Å². The molecule has 0 aliphatic carbocycles. The van der Waals surface area contributed by atoms with Crippen LogP contribution in [0, 0.1) is 32.9 Å². The minimum Gasteiger partial charge on any atom is -0.509 e. The van der Waals surface area contributed by atoms with Crippen LogP contribution in [0.2, 0.25) is 0 Å². The summed E-state index contributed by atoms with van der Waals surface area (Å²) >= 11 is 0. The summed E-state index contributed by atoms with van der Waals surface area (Å²) in [5.41, 5.74) is 8.98. The van der Waals surface area contributed by atoms with E-state index in [4.69, 9.17) is 19.2 Å². The number of hydrogen-bond donors (Lipinski definition) is 0. The van der Waals surface area contributed by atoms with E-state index in [0.717, 1.165) is 72.6 Å². The van der Waals surface area contributed by atoms with Crippen molar-refractivity contribution in [2.45, 2.75) is 40.5 Å². The first kappa shape index (κ1) is 33.0. The number of ether oxygens (including phenoxy) is 3. The average molecular weight is 816 g/mol. The SMILES string of the molecule is COc1c(C)c(C)c(C)c(OC)c1-c1cnn(-c2[c-]c(Oc3[c-]c4c(cc3)c3ccccc3n4-c3cc(C(C)C)ccn3)ccc2)c1.[Pt+2]. The Morgan fingerprint density at radius 2 is 1.50 bits per heavy atom. The zero-order chi connectivity index (χ0) is 32.8. The smallest absolute Gasteiger partial charge is 0.509 e. The summed E-state index contributed by atoms with van der Waals surface area (Å²) in [6.45, 7) is 10.6. The van der Waals surface area contributed by atoms with Crippen LogP contribution in [0.3, 0.4) is 0 Å². The summed E-state index contributed by atoms with van der Waals surface area (Å²) in [4.78, 5) is 4.75. The second-order valence-corrected chi connectivity index (χ2v) is 12.0. The molecule has 0 N–H and O–H groups in total. The molecule has 3 aromatic heterocycles. The van der Waals surface area contributed by atoms with E-state index in [0.29, 0.717) is 17.4 Å². The molecule has 0 atom stereocenters. The normalized spacial score (nSPS) is 11.2. The van der Waals surface area contributed by atoms with E-state index in [1.165, 1.54) is 5.56 Å². The molecule has 8 heteroatoms. The Balaban J connectivity index is 0.00000401. The van der Waals surface area contributed by atoms with Gasteiger partial charge in [-0.25, -0.2) is 4.98 Å². The van der Waals surface area contributed by atoms with Gasteiger partial charge in [0.1, 0.15) is 17.3 Å². The van der Waals surface area contributed by atoms with Gasteiger partial charge in [-0.05, 0) is 78.2 Å². The van der Waals surface area contributed by atoms with E-state index in [9.17, 15) is 0 Å². The molecule has 0 amide bonds. The number of fused-ring (bicyclic) bond motifs is 3. The van der Waals surface area contributed by atoms with E-state index >= 15 is 0 Å². The molecular weight excluding hydrogens is 780 g/mol. The maximum atomic E-state index is 6.38. The number of para-hydroxylation sites is 1. The van der Waals surface area contributed by atoms with Gasteiger partial charge in [0.15, 0.2) is 0 Å². The molecule has 3 heterocycles. The first-order chi connectivity index (χ1) is 22.8. The third-order valence-corrected chi connectivity index (χ3v) is 8.98. The molecule has 0 fully saturated rings. The number of benzene rings is 4. The molecule has 7 rings (SSSR count). The van der Waals surface area contributed by atoms with Gasteiger partial charge in [0.25, 0.3) is 0 Å². The Bertz CT molecular complexity index is 2250. The van der Waals surface area contributed by atoms with Gasteiger partial charge in [-0.3, -0.25) is 4.68 Å². The van der Waals surface area contributed by atoms with E-state index in [1.807, 2.05) is 42.9 Å². The maximum absolute atomic E-state index is 6.38. The van der Waals surface area contributed by atoms with Gasteiger partial charge in [-0.2, -0.15) is 17.2 Å². The molecular formula is C40H36N4O3Pt. The van der Waals surface area contributed by atoms with Gasteiger partial charge < -0.3 is 18.8 Å². The zero-order valence-corrected chi connectivity index (χ0v) is 30.3. The maximum Gasteiger partial charge on any atom is 2.00 e. The number of methoxy groups -OCH3 is 2. The van der Waals surface area contributed by atoms with Crippen molar-refractivity contribution in [1.29, 1.82) is 0 Å². The molecule has 0 saturated carbocycles. The molecule has 0 radical (unpaired) electrons. The van der Waals surface area contributed by atoms with Gasteiger partial charge in [-0.15, -0.1) is 35.7 Å². The molecule has 0 saturated heterocycles. The van der Waals surface area contributed by atoms with Gasteiger partial charge in [0.05, 0.1) is 26.0 Å². The van der Waals surface area contributed by atoms with E-state index in [1.54, 1.807) is 18.9 Å². The number of nitrogens with zero attached hydrogens (tertiary/aromatic N) is 4. The summed E-state index contributed by atoms with van der Waals surface area (Å²) in [6.07, 6.45) is 5.65. The Kier molecular flexibility index (Phi) is 9.17. The quantitative estimate of drug-likeness (QED) is 0.143. The van der Waals surface area contributed by atoms with Crippen LogP contribution in [0.15, 0.2) is 85.3 Å². The molecule has 4 aromatic carbocycles. The van der Waals surface area contributed by atoms with Crippen LogP contribution < -0.4 is 14.2 Å². The van der Waals surface area contributed by atoms with Crippen molar-refractivity contribution in [2.75, 3.05) is 14.2 Å². The Hall–Kier alpha value is -4.87. The van der Waals surface area contributed by atoms with Crippen LogP contribution in [0.5, 0.6) is 23.0 Å². The van der Waals surface area contributed by atoms with Gasteiger partial charge in [0.2, 0.25) is 0 Å². The van der Waals surface area contributed by atoms with Crippen LogP contribution >= 0.6 is 0 Å². The van der Waals surface area contributed by atoms with E-state index in [2.05, 4.69) is 98.9 Å². The fourth-order valence-corrected chi connectivity index (χ4v) is 6.29. The molecule has 0 aliphatic heterocycles. The molecule has 7 aromatic rings. The summed E-state index contributed by atoms with van der Waals surface area (Å²) in [5, 5.41) is 6.89. The monoisotopic (exact) mass is 815 g/mol. The summed E-state index contributed by atoms with van der Waals surface area (Å²) in [6, 6.07) is 29.3. The third kappa shape index (κ3) is 5.66. The van der Waals surface area contributed by atoms with Crippen LogP contribution in [-0.4, -0.2) is 33.6 Å². The standard InChI is InChI=1S/C40H36N4O3.Pt/c1-24(2)28-17-18-41-37(19-28)44-35-14-9-8-13-33(35)34-16-15-32(21-36(34)44)47-31-12-10-11-30(20-31)43-23-29(22-42-43)38-39(45-6)26(4)25(3)27(5)40(38)46-7;/h8-19,22-24H,1-7H3;/q-2;+2. The molecule has 0 spiro atoms. The molecule has 244 valence electrons. The predicted molar refractivity (Wildman–Crippen MR) is 187 cm³/mol. The average Bonchev–Trinajstić information content (AvgIpc) is 3.70. The van der Waals surface area contributed by atoms with E-state index < -0.39 is 0 Å². The third-order valence-electron chi connectivity index (χ3n) is 8.98. The Morgan fingerprint density at radius 3 is 2.23 bits per heavy atom. The Morgan fingerprint density at radius 1 is 0.771 bits per heavy atom. The molecule has 0 unspecified atom stereocenters. The fourth-order valence-electron chi connectivity index (χ4n) is 6.29. The summed E-state index contributed by atoms with van der Waals surface area (Å²) in [5.74, 6) is 3.92. The van der Waals surface area contributed by atoms with Crippen LogP contribution in [0.4, 0.5) is 0 Å². The van der Waals surface area contributed by atoms with Crippen molar-refractivity contribution in [3.63, 3.8) is 0 Å². The number of pyridine rings is 1. The van der Waals surface area contributed by atoms with Crippen molar-refractivity contribution in [2.24, 2.45) is 0 Å². The first-order valence-corrected chi connectivity index (χ1v) is 15.7. The van der Waals surface area contributed by atoms with E-state index in [-0.39, 0.29) is 21.1 Å². The largest absolute Gasteiger partial charge is 2.00 e. The van der Waals surface area contributed by atoms with Crippen molar-refractivity contribution in [1.82, 2.24) is 19.3 Å². The first-order valence-electron chi connectivity index (χ1n) is 15.7. The summed E-state index contributed by atoms with van der Waals surface area (Å²) in [7, 11) is 3.37. The number of hydrogen-bond acceptors (Lipinski definition) is 5. The van der Waals surface area contributed by atoms with Crippen LogP contribution in [0.1, 0.15) is 42.0 Å². The number of rotatable bonds is 8. The van der Waals surface area contributed by atoms with Crippen molar-refractivity contribution in [3.8, 4) is 45.6 Å². The molecule has 7 nitrogen and oxygen atoms in total. The minimum atomic E-state index is 0.